The summed E-state index contributed by atoms with van der Waals surface area (Å²) in [4.78, 5) is 31.0. The minimum atomic E-state index is -1.54. The Morgan fingerprint density at radius 3 is 2.33 bits per heavy atom. The molecule has 0 spiro atoms. The van der Waals surface area contributed by atoms with Crippen LogP contribution in [-0.2, 0) is 6.54 Å². The van der Waals surface area contributed by atoms with Crippen molar-refractivity contribution in [2.24, 2.45) is 0 Å². The molecule has 0 unspecified atom stereocenters. The second kappa shape index (κ2) is 5.36. The largest absolute Gasteiger partial charge is 0.476 e. The Balaban J connectivity index is 2.41. The number of benzene rings is 1. The Bertz CT molecular complexity index is 707. The summed E-state index contributed by atoms with van der Waals surface area (Å²) in [6, 6.07) is 5.80. The van der Waals surface area contributed by atoms with E-state index < -0.39 is 27.2 Å². The van der Waals surface area contributed by atoms with Gasteiger partial charge in [0.2, 0.25) is 5.69 Å². The molecule has 0 aliphatic carbocycles. The highest BCUT2D eigenvalue weighted by Crippen LogP contribution is 2.21. The number of nitro benzene ring substituents is 1. The van der Waals surface area contributed by atoms with Gasteiger partial charge in [0.1, 0.15) is 6.20 Å². The summed E-state index contributed by atoms with van der Waals surface area (Å²) in [6.45, 7) is -0.148. The van der Waals surface area contributed by atoms with E-state index in [4.69, 9.17) is 5.11 Å². The lowest BCUT2D eigenvalue weighted by atomic mass is 10.2. The van der Waals surface area contributed by atoms with Crippen LogP contribution in [0.5, 0.6) is 0 Å². The molecule has 0 amide bonds. The van der Waals surface area contributed by atoms with E-state index in [0.717, 1.165) is 10.9 Å². The molecule has 1 heterocycles. The number of carboxylic acid groups (broad SMARTS) is 1. The van der Waals surface area contributed by atoms with E-state index in [1.807, 2.05) is 0 Å². The summed E-state index contributed by atoms with van der Waals surface area (Å²) in [6.07, 6.45) is 0.931. The van der Waals surface area contributed by atoms with Crippen LogP contribution in [0.4, 0.5) is 11.4 Å². The van der Waals surface area contributed by atoms with Gasteiger partial charge in [-0.05, 0) is 0 Å². The molecule has 1 N–H and O–H groups in total. The molecule has 0 atom stereocenters. The highest BCUT2D eigenvalue weighted by Gasteiger charge is 2.25. The number of aromatic carboxylic acids is 1. The molecule has 0 aliphatic heterocycles. The third kappa shape index (κ3) is 2.83. The lowest BCUT2D eigenvalue weighted by Gasteiger charge is -2.02. The van der Waals surface area contributed by atoms with Crippen molar-refractivity contribution in [2.75, 3.05) is 0 Å². The number of para-hydroxylation sites is 1. The number of nitro groups is 2. The lowest BCUT2D eigenvalue weighted by Crippen LogP contribution is -2.06. The van der Waals surface area contributed by atoms with Gasteiger partial charge in [-0.3, -0.25) is 24.9 Å². The highest BCUT2D eigenvalue weighted by molar-refractivity contribution is 5.89. The first-order valence-electron chi connectivity index (χ1n) is 5.57. The number of nitrogens with zero attached hydrogens (tertiary/aromatic N) is 4. The standard InChI is InChI=1S/C11H8N4O6/c16-11(17)10-9(15(20)21)6-13(12-10)5-7-3-1-2-4-8(7)14(18)19/h1-4,6H,5H2,(H,16,17). The van der Waals surface area contributed by atoms with Gasteiger partial charge in [-0.25, -0.2) is 4.79 Å². The first-order chi connectivity index (χ1) is 9.90. The van der Waals surface area contributed by atoms with Crippen molar-refractivity contribution in [3.05, 3.63) is 61.9 Å². The Hall–Kier alpha value is -3.30. The van der Waals surface area contributed by atoms with Gasteiger partial charge in [0.25, 0.3) is 5.69 Å². The summed E-state index contributed by atoms with van der Waals surface area (Å²) in [5, 5.41) is 34.0. The molecule has 0 bridgehead atoms. The minimum Gasteiger partial charge on any atom is -0.476 e. The Labute approximate surface area is 116 Å². The second-order valence-corrected chi connectivity index (χ2v) is 4.01. The number of carbonyl (C=O) groups is 1. The quantitative estimate of drug-likeness (QED) is 0.649. The van der Waals surface area contributed by atoms with Crippen LogP contribution in [0.2, 0.25) is 0 Å². The molecule has 0 fully saturated rings. The van der Waals surface area contributed by atoms with Crippen LogP contribution in [-0.4, -0.2) is 30.7 Å². The Morgan fingerprint density at radius 1 is 1.19 bits per heavy atom. The summed E-state index contributed by atoms with van der Waals surface area (Å²) < 4.78 is 0.990. The molecule has 0 radical (unpaired) electrons. The van der Waals surface area contributed by atoms with Gasteiger partial charge in [-0.15, -0.1) is 0 Å². The third-order valence-corrected chi connectivity index (χ3v) is 2.66. The van der Waals surface area contributed by atoms with Crippen LogP contribution < -0.4 is 0 Å². The molecule has 0 aliphatic rings. The number of hydrogen-bond donors (Lipinski definition) is 1. The molecule has 2 aromatic rings. The van der Waals surface area contributed by atoms with Crippen molar-refractivity contribution in [2.45, 2.75) is 6.54 Å². The van der Waals surface area contributed by atoms with Crippen LogP contribution in [0, 0.1) is 20.2 Å². The number of hydrogen-bond acceptors (Lipinski definition) is 6. The summed E-state index contributed by atoms with van der Waals surface area (Å²) >= 11 is 0. The van der Waals surface area contributed by atoms with Crippen molar-refractivity contribution < 1.29 is 19.7 Å². The van der Waals surface area contributed by atoms with E-state index >= 15 is 0 Å². The maximum Gasteiger partial charge on any atom is 0.363 e. The monoisotopic (exact) mass is 292 g/mol. The zero-order valence-electron chi connectivity index (χ0n) is 10.4. The predicted molar refractivity (Wildman–Crippen MR) is 68.0 cm³/mol. The van der Waals surface area contributed by atoms with E-state index in [1.54, 1.807) is 6.07 Å². The van der Waals surface area contributed by atoms with Gasteiger partial charge < -0.3 is 5.11 Å². The van der Waals surface area contributed by atoms with Gasteiger partial charge in [-0.1, -0.05) is 18.2 Å². The summed E-state index contributed by atoms with van der Waals surface area (Å²) in [5.41, 5.74) is -1.29. The minimum absolute atomic E-state index is 0.148. The molecule has 2 rings (SSSR count). The fourth-order valence-corrected chi connectivity index (χ4v) is 1.77. The zero-order valence-corrected chi connectivity index (χ0v) is 10.4. The smallest absolute Gasteiger partial charge is 0.363 e. The topological polar surface area (TPSA) is 141 Å². The molecule has 10 heteroatoms. The van der Waals surface area contributed by atoms with Crippen molar-refractivity contribution in [3.8, 4) is 0 Å². The third-order valence-electron chi connectivity index (χ3n) is 2.66. The van der Waals surface area contributed by atoms with Gasteiger partial charge in [0, 0.05) is 6.07 Å². The van der Waals surface area contributed by atoms with Crippen LogP contribution >= 0.6 is 0 Å². The number of carboxylic acids is 1. The molecule has 1 aromatic heterocycles. The molecule has 21 heavy (non-hydrogen) atoms. The predicted octanol–water partition coefficient (Wildman–Crippen LogP) is 1.45. The van der Waals surface area contributed by atoms with Crippen molar-refractivity contribution >= 4 is 17.3 Å². The average molecular weight is 292 g/mol. The maximum atomic E-state index is 10.9. The Kier molecular flexibility index (Phi) is 3.61. The second-order valence-electron chi connectivity index (χ2n) is 4.01. The molecular formula is C11H8N4O6. The molecule has 1 aromatic carbocycles. The van der Waals surface area contributed by atoms with E-state index in [2.05, 4.69) is 5.10 Å². The normalized spacial score (nSPS) is 10.3. The maximum absolute atomic E-state index is 10.9. The molecule has 0 saturated heterocycles. The fraction of sp³-hybridized carbons (Fsp3) is 0.0909. The molecular weight excluding hydrogens is 284 g/mol. The van der Waals surface area contributed by atoms with Crippen molar-refractivity contribution in [1.29, 1.82) is 0 Å². The van der Waals surface area contributed by atoms with Gasteiger partial charge in [0.15, 0.2) is 0 Å². The first-order valence-corrected chi connectivity index (χ1v) is 5.57. The van der Waals surface area contributed by atoms with Crippen LogP contribution in [0.1, 0.15) is 16.1 Å². The molecule has 0 saturated carbocycles. The molecule has 10 nitrogen and oxygen atoms in total. The van der Waals surface area contributed by atoms with Gasteiger partial charge >= 0.3 is 11.7 Å². The van der Waals surface area contributed by atoms with Crippen LogP contribution in [0.15, 0.2) is 30.5 Å². The number of rotatable bonds is 5. The first kappa shape index (κ1) is 14.1. The van der Waals surface area contributed by atoms with Gasteiger partial charge in [0.05, 0.1) is 22.0 Å². The molecule has 108 valence electrons. The highest BCUT2D eigenvalue weighted by atomic mass is 16.6. The van der Waals surface area contributed by atoms with Gasteiger partial charge in [-0.2, -0.15) is 5.10 Å². The SMILES string of the molecule is O=C(O)c1nn(Cc2ccccc2[N+](=O)[O-])cc1[N+](=O)[O-]. The average Bonchev–Trinajstić information content (AvgIpc) is 2.83. The van der Waals surface area contributed by atoms with Crippen LogP contribution in [0.25, 0.3) is 0 Å². The zero-order chi connectivity index (χ0) is 15.6. The van der Waals surface area contributed by atoms with E-state index in [0.29, 0.717) is 0 Å². The van der Waals surface area contributed by atoms with E-state index in [-0.39, 0.29) is 17.8 Å². The summed E-state index contributed by atoms with van der Waals surface area (Å²) in [5.74, 6) is -1.54. The van der Waals surface area contributed by atoms with E-state index in [9.17, 15) is 25.0 Å². The fourth-order valence-electron chi connectivity index (χ4n) is 1.77. The van der Waals surface area contributed by atoms with Crippen LogP contribution in [0.3, 0.4) is 0 Å². The lowest BCUT2D eigenvalue weighted by molar-refractivity contribution is -0.385. The number of aromatic nitrogens is 2. The Morgan fingerprint density at radius 2 is 1.81 bits per heavy atom. The summed E-state index contributed by atoms with van der Waals surface area (Å²) in [7, 11) is 0. The van der Waals surface area contributed by atoms with E-state index in [1.165, 1.54) is 18.2 Å². The van der Waals surface area contributed by atoms with Crippen molar-refractivity contribution in [3.63, 3.8) is 0 Å². The van der Waals surface area contributed by atoms with Crippen molar-refractivity contribution in [1.82, 2.24) is 9.78 Å².